The number of hydrogen-bond donors (Lipinski definition) is 0. The first-order valence-electron chi connectivity index (χ1n) is 10.5. The lowest BCUT2D eigenvalue weighted by Gasteiger charge is -2.59. The van der Waals surface area contributed by atoms with Gasteiger partial charge in [0.05, 0.1) is 5.54 Å². The van der Waals surface area contributed by atoms with Crippen LogP contribution in [0.4, 0.5) is 5.69 Å². The zero-order chi connectivity index (χ0) is 17.8. The standard InChI is InChI=1S/C24H27N3/c1-3-7-21(8-4-1)23-25-27(17-26(23)22-9-5-2-6-10-22)24-14-18-11-19(15-24)13-20(12-18)16-24/h1-10,18-20H,11-17H2. The molecule has 0 saturated heterocycles. The van der Waals surface area contributed by atoms with Gasteiger partial charge in [-0.25, -0.2) is 0 Å². The number of amidine groups is 1. The van der Waals surface area contributed by atoms with Gasteiger partial charge < -0.3 is 4.90 Å². The first-order valence-corrected chi connectivity index (χ1v) is 10.5. The number of nitrogens with zero attached hydrogens (tertiary/aromatic N) is 3. The van der Waals surface area contributed by atoms with E-state index in [2.05, 4.69) is 70.6 Å². The molecule has 0 spiro atoms. The monoisotopic (exact) mass is 357 g/mol. The Labute approximate surface area is 161 Å². The Kier molecular flexibility index (Phi) is 3.41. The molecule has 0 unspecified atom stereocenters. The zero-order valence-corrected chi connectivity index (χ0v) is 15.8. The molecule has 4 bridgehead atoms. The fourth-order valence-corrected chi connectivity index (χ4v) is 6.65. The smallest absolute Gasteiger partial charge is 0.162 e. The van der Waals surface area contributed by atoms with Crippen molar-refractivity contribution >= 4 is 11.5 Å². The minimum Gasteiger partial charge on any atom is -0.305 e. The summed E-state index contributed by atoms with van der Waals surface area (Å²) in [6.07, 6.45) is 8.49. The van der Waals surface area contributed by atoms with Gasteiger partial charge in [0.1, 0.15) is 6.67 Å². The molecule has 3 nitrogen and oxygen atoms in total. The Morgan fingerprint density at radius 2 is 1.30 bits per heavy atom. The van der Waals surface area contributed by atoms with Gasteiger partial charge in [0.25, 0.3) is 0 Å². The molecule has 4 fully saturated rings. The predicted octanol–water partition coefficient (Wildman–Crippen LogP) is 5.10. The third-order valence-electron chi connectivity index (χ3n) is 7.40. The number of benzene rings is 2. The summed E-state index contributed by atoms with van der Waals surface area (Å²) in [5.74, 6) is 3.93. The summed E-state index contributed by atoms with van der Waals surface area (Å²) in [6.45, 7) is 0.889. The van der Waals surface area contributed by atoms with Gasteiger partial charge in [0, 0.05) is 11.3 Å². The van der Waals surface area contributed by atoms with Crippen molar-refractivity contribution in [2.45, 2.75) is 44.1 Å². The van der Waals surface area contributed by atoms with Crippen molar-refractivity contribution in [2.75, 3.05) is 11.6 Å². The van der Waals surface area contributed by atoms with E-state index < -0.39 is 0 Å². The van der Waals surface area contributed by atoms with Crippen LogP contribution in [0, 0.1) is 17.8 Å². The zero-order valence-electron chi connectivity index (χ0n) is 15.8. The van der Waals surface area contributed by atoms with Gasteiger partial charge in [0.15, 0.2) is 5.84 Å². The van der Waals surface area contributed by atoms with Gasteiger partial charge in [-0.15, -0.1) is 0 Å². The minimum atomic E-state index is 0.304. The molecule has 2 aromatic carbocycles. The van der Waals surface area contributed by atoms with Crippen LogP contribution in [0.2, 0.25) is 0 Å². The summed E-state index contributed by atoms with van der Waals surface area (Å²) < 4.78 is 0. The molecule has 4 saturated carbocycles. The van der Waals surface area contributed by atoms with Crippen LogP contribution in [0.1, 0.15) is 44.1 Å². The summed E-state index contributed by atoms with van der Waals surface area (Å²) >= 11 is 0. The van der Waals surface area contributed by atoms with Crippen molar-refractivity contribution in [1.82, 2.24) is 5.01 Å². The second-order valence-electron chi connectivity index (χ2n) is 9.24. The van der Waals surface area contributed by atoms with Crippen LogP contribution in [0.5, 0.6) is 0 Å². The average molecular weight is 358 g/mol. The SMILES string of the molecule is c1ccc(C2=NN(C34CC5CC(CC(C5)C3)C4)CN2c2ccccc2)cc1. The molecular weight excluding hydrogens is 330 g/mol. The predicted molar refractivity (Wildman–Crippen MR) is 110 cm³/mol. The summed E-state index contributed by atoms with van der Waals surface area (Å²) in [4.78, 5) is 2.41. The maximum absolute atomic E-state index is 5.28. The van der Waals surface area contributed by atoms with Crippen LogP contribution >= 0.6 is 0 Å². The Bertz CT molecular complexity index is 822. The highest BCUT2D eigenvalue weighted by atomic mass is 15.6. The lowest BCUT2D eigenvalue weighted by molar-refractivity contribution is -0.0841. The van der Waals surface area contributed by atoms with Gasteiger partial charge in [-0.05, 0) is 68.4 Å². The van der Waals surface area contributed by atoms with E-state index in [1.165, 1.54) is 49.8 Å². The lowest BCUT2D eigenvalue weighted by Crippen LogP contribution is -2.58. The largest absolute Gasteiger partial charge is 0.305 e. The number of hydrazone groups is 1. The van der Waals surface area contributed by atoms with Crippen molar-refractivity contribution in [2.24, 2.45) is 22.9 Å². The molecule has 0 radical (unpaired) electrons. The van der Waals surface area contributed by atoms with Gasteiger partial charge in [0.2, 0.25) is 0 Å². The van der Waals surface area contributed by atoms with Crippen molar-refractivity contribution in [3.63, 3.8) is 0 Å². The van der Waals surface area contributed by atoms with Crippen molar-refractivity contribution in [3.05, 3.63) is 66.2 Å². The van der Waals surface area contributed by atoms with E-state index >= 15 is 0 Å². The van der Waals surface area contributed by atoms with Gasteiger partial charge in [-0.3, -0.25) is 5.01 Å². The van der Waals surface area contributed by atoms with Gasteiger partial charge in [-0.1, -0.05) is 48.5 Å². The molecule has 3 heteroatoms. The molecule has 138 valence electrons. The molecule has 4 aliphatic carbocycles. The van der Waals surface area contributed by atoms with Crippen LogP contribution in [0.25, 0.3) is 0 Å². The molecule has 1 aliphatic heterocycles. The summed E-state index contributed by atoms with van der Waals surface area (Å²) in [7, 11) is 0. The van der Waals surface area contributed by atoms with Crippen LogP contribution in [-0.4, -0.2) is 23.1 Å². The topological polar surface area (TPSA) is 18.8 Å². The van der Waals surface area contributed by atoms with Crippen LogP contribution in [0.15, 0.2) is 65.8 Å². The van der Waals surface area contributed by atoms with Crippen molar-refractivity contribution in [3.8, 4) is 0 Å². The number of anilines is 1. The van der Waals surface area contributed by atoms with Gasteiger partial charge in [-0.2, -0.15) is 5.10 Å². The molecule has 0 aromatic heterocycles. The van der Waals surface area contributed by atoms with E-state index in [1.807, 2.05) is 0 Å². The van der Waals surface area contributed by atoms with E-state index in [-0.39, 0.29) is 0 Å². The van der Waals surface area contributed by atoms with Crippen molar-refractivity contribution in [1.29, 1.82) is 0 Å². The first kappa shape index (κ1) is 15.7. The van der Waals surface area contributed by atoms with Crippen LogP contribution < -0.4 is 4.90 Å². The Morgan fingerprint density at radius 3 is 1.89 bits per heavy atom. The Balaban J connectivity index is 1.40. The average Bonchev–Trinajstić information content (AvgIpc) is 3.15. The quantitative estimate of drug-likeness (QED) is 0.761. The fraction of sp³-hybridized carbons (Fsp3) is 0.458. The highest BCUT2D eigenvalue weighted by Gasteiger charge is 2.55. The van der Waals surface area contributed by atoms with Crippen LogP contribution in [-0.2, 0) is 0 Å². The molecule has 2 aromatic rings. The highest BCUT2D eigenvalue weighted by Crippen LogP contribution is 2.58. The first-order chi connectivity index (χ1) is 13.3. The second-order valence-corrected chi connectivity index (χ2v) is 9.24. The fourth-order valence-electron chi connectivity index (χ4n) is 6.65. The van der Waals surface area contributed by atoms with E-state index in [4.69, 9.17) is 5.10 Å². The molecule has 5 aliphatic rings. The molecule has 0 N–H and O–H groups in total. The Hall–Kier alpha value is -2.29. The number of rotatable bonds is 3. The Morgan fingerprint density at radius 1 is 0.741 bits per heavy atom. The maximum Gasteiger partial charge on any atom is 0.162 e. The summed E-state index contributed by atoms with van der Waals surface area (Å²) in [6, 6.07) is 21.5. The lowest BCUT2D eigenvalue weighted by atomic mass is 9.53. The number of para-hydroxylation sites is 1. The molecule has 1 heterocycles. The third-order valence-corrected chi connectivity index (χ3v) is 7.40. The van der Waals surface area contributed by atoms with Crippen molar-refractivity contribution < 1.29 is 0 Å². The summed E-state index contributed by atoms with van der Waals surface area (Å²) in [5.41, 5.74) is 2.76. The molecule has 0 atom stereocenters. The van der Waals surface area contributed by atoms with E-state index in [0.717, 1.165) is 30.3 Å². The molecule has 0 amide bonds. The van der Waals surface area contributed by atoms with E-state index in [1.54, 1.807) is 0 Å². The third kappa shape index (κ3) is 2.51. The maximum atomic E-state index is 5.28. The number of hydrogen-bond acceptors (Lipinski definition) is 3. The van der Waals surface area contributed by atoms with Gasteiger partial charge >= 0.3 is 0 Å². The van der Waals surface area contributed by atoms with Crippen LogP contribution in [0.3, 0.4) is 0 Å². The second kappa shape index (κ2) is 5.85. The highest BCUT2D eigenvalue weighted by molar-refractivity contribution is 6.10. The molecule has 7 rings (SSSR count). The normalized spacial score (nSPS) is 34.2. The minimum absolute atomic E-state index is 0.304. The summed E-state index contributed by atoms with van der Waals surface area (Å²) in [5, 5.41) is 7.77. The van der Waals surface area contributed by atoms with E-state index in [0.29, 0.717) is 5.54 Å². The van der Waals surface area contributed by atoms with E-state index in [9.17, 15) is 0 Å². The molecular formula is C24H27N3. The molecule has 27 heavy (non-hydrogen) atoms.